The zero-order chi connectivity index (χ0) is 16.9. The predicted octanol–water partition coefficient (Wildman–Crippen LogP) is 3.73. The lowest BCUT2D eigenvalue weighted by atomic mass is 10.1. The quantitative estimate of drug-likeness (QED) is 0.471. The van der Waals surface area contributed by atoms with Gasteiger partial charge < -0.3 is 14.8 Å². The van der Waals surface area contributed by atoms with Gasteiger partial charge in [-0.25, -0.2) is 0 Å². The molecule has 4 nitrogen and oxygen atoms in total. The van der Waals surface area contributed by atoms with E-state index >= 15 is 0 Å². The molecule has 1 N–H and O–H groups in total. The number of hydrogen-bond donors (Lipinski definition) is 1. The molecule has 0 unspecified atom stereocenters. The van der Waals surface area contributed by atoms with Crippen LogP contribution in [0.15, 0.2) is 24.3 Å². The smallest absolute Gasteiger partial charge is 0.323 e. The van der Waals surface area contributed by atoms with E-state index in [1.807, 2.05) is 24.3 Å². The summed E-state index contributed by atoms with van der Waals surface area (Å²) in [4.78, 5) is 11.9. The van der Waals surface area contributed by atoms with E-state index in [2.05, 4.69) is 12.2 Å². The minimum absolute atomic E-state index is 0.202. The van der Waals surface area contributed by atoms with E-state index in [4.69, 9.17) is 9.47 Å². The Kier molecular flexibility index (Phi) is 10.1. The largest absolute Gasteiger partial charge is 0.497 e. The highest BCUT2D eigenvalue weighted by Gasteiger charge is 2.18. The van der Waals surface area contributed by atoms with Crippen LogP contribution in [0.5, 0.6) is 5.75 Å². The summed E-state index contributed by atoms with van der Waals surface area (Å²) in [6.45, 7) is 3.07. The summed E-state index contributed by atoms with van der Waals surface area (Å²) < 4.78 is 10.1. The molecule has 0 bridgehead atoms. The molecule has 0 aliphatic heterocycles. The fourth-order valence-electron chi connectivity index (χ4n) is 2.56. The van der Waals surface area contributed by atoms with Gasteiger partial charge in [0.2, 0.25) is 0 Å². The molecule has 0 heterocycles. The molecule has 0 aliphatic carbocycles. The van der Waals surface area contributed by atoms with Crippen molar-refractivity contribution in [2.45, 2.75) is 57.9 Å². The first-order chi connectivity index (χ1) is 11.2. The minimum Gasteiger partial charge on any atom is -0.497 e. The first kappa shape index (κ1) is 19.5. The number of esters is 1. The maximum atomic E-state index is 11.9. The second kappa shape index (κ2) is 11.9. The molecule has 0 aromatic heterocycles. The van der Waals surface area contributed by atoms with Crippen LogP contribution >= 0.6 is 0 Å². The van der Waals surface area contributed by atoms with Crippen LogP contribution in [0.4, 0.5) is 0 Å². The fraction of sp³-hybridized carbons (Fsp3) is 0.632. The average molecular weight is 321 g/mol. The zero-order valence-electron chi connectivity index (χ0n) is 14.8. The maximum Gasteiger partial charge on any atom is 0.323 e. The highest BCUT2D eigenvalue weighted by atomic mass is 16.5. The Balaban J connectivity index is 2.38. The van der Waals surface area contributed by atoms with Crippen molar-refractivity contribution in [3.8, 4) is 5.75 Å². The standard InChI is InChI=1S/C19H31NO3/c1-4-5-6-7-8-9-14-20-18(19(21)23-3)15-16-10-12-17(22-2)13-11-16/h10-13,18,20H,4-9,14-15H2,1-3H3/t18-/m0/s1. The van der Waals surface area contributed by atoms with E-state index in [-0.39, 0.29) is 12.0 Å². The molecular weight excluding hydrogens is 290 g/mol. The zero-order valence-corrected chi connectivity index (χ0v) is 14.8. The maximum absolute atomic E-state index is 11.9. The molecule has 130 valence electrons. The number of unbranched alkanes of at least 4 members (excludes halogenated alkanes) is 5. The Labute approximate surface area is 140 Å². The van der Waals surface area contributed by atoms with Crippen LogP contribution in [-0.2, 0) is 16.0 Å². The SMILES string of the molecule is CCCCCCCCN[C@@H](Cc1ccc(OC)cc1)C(=O)OC. The Morgan fingerprint density at radius 1 is 1.04 bits per heavy atom. The monoisotopic (exact) mass is 321 g/mol. The number of ether oxygens (including phenoxy) is 2. The van der Waals surface area contributed by atoms with Gasteiger partial charge in [-0.3, -0.25) is 4.79 Å². The number of carbonyl (C=O) groups excluding carboxylic acids is 1. The van der Waals surface area contributed by atoms with Crippen molar-refractivity contribution in [2.75, 3.05) is 20.8 Å². The number of methoxy groups -OCH3 is 2. The van der Waals surface area contributed by atoms with Gasteiger partial charge in [0, 0.05) is 0 Å². The molecule has 0 aliphatic rings. The second-order valence-corrected chi connectivity index (χ2v) is 5.85. The molecule has 1 aromatic carbocycles. The Hall–Kier alpha value is -1.55. The summed E-state index contributed by atoms with van der Waals surface area (Å²) in [5.74, 6) is 0.621. The van der Waals surface area contributed by atoms with Crippen molar-refractivity contribution in [3.05, 3.63) is 29.8 Å². The lowest BCUT2D eigenvalue weighted by molar-refractivity contribution is -0.143. The first-order valence-corrected chi connectivity index (χ1v) is 8.65. The molecule has 4 heteroatoms. The fourth-order valence-corrected chi connectivity index (χ4v) is 2.56. The summed E-state index contributed by atoms with van der Waals surface area (Å²) in [7, 11) is 3.09. The molecule has 1 aromatic rings. The highest BCUT2D eigenvalue weighted by Crippen LogP contribution is 2.13. The van der Waals surface area contributed by atoms with E-state index < -0.39 is 0 Å². The predicted molar refractivity (Wildman–Crippen MR) is 93.9 cm³/mol. The van der Waals surface area contributed by atoms with Crippen molar-refractivity contribution < 1.29 is 14.3 Å². The molecule has 0 amide bonds. The van der Waals surface area contributed by atoms with Gasteiger partial charge >= 0.3 is 5.97 Å². The van der Waals surface area contributed by atoms with Crippen molar-refractivity contribution in [3.63, 3.8) is 0 Å². The van der Waals surface area contributed by atoms with Gasteiger partial charge in [0.25, 0.3) is 0 Å². The average Bonchev–Trinajstić information content (AvgIpc) is 2.59. The third-order valence-corrected chi connectivity index (χ3v) is 4.01. The Morgan fingerprint density at radius 2 is 1.70 bits per heavy atom. The van der Waals surface area contributed by atoms with Gasteiger partial charge in [0.15, 0.2) is 0 Å². The Bertz CT molecular complexity index is 431. The molecule has 1 atom stereocenters. The van der Waals surface area contributed by atoms with E-state index in [0.29, 0.717) is 6.42 Å². The summed E-state index contributed by atoms with van der Waals surface area (Å²) in [5, 5.41) is 3.33. The van der Waals surface area contributed by atoms with E-state index in [1.165, 1.54) is 39.2 Å². The molecule has 0 radical (unpaired) electrons. The summed E-state index contributed by atoms with van der Waals surface area (Å²) in [5.41, 5.74) is 1.09. The number of benzene rings is 1. The summed E-state index contributed by atoms with van der Waals surface area (Å²) >= 11 is 0. The number of rotatable bonds is 12. The van der Waals surface area contributed by atoms with Crippen LogP contribution in [0.3, 0.4) is 0 Å². The molecule has 0 fully saturated rings. The summed E-state index contributed by atoms with van der Waals surface area (Å²) in [6.07, 6.45) is 8.11. The van der Waals surface area contributed by atoms with Crippen LogP contribution < -0.4 is 10.1 Å². The van der Waals surface area contributed by atoms with Crippen molar-refractivity contribution in [1.82, 2.24) is 5.32 Å². The van der Waals surface area contributed by atoms with Gasteiger partial charge in [0.05, 0.1) is 14.2 Å². The van der Waals surface area contributed by atoms with Crippen LogP contribution in [0.1, 0.15) is 51.0 Å². The third-order valence-electron chi connectivity index (χ3n) is 4.01. The van der Waals surface area contributed by atoms with Crippen LogP contribution in [0.2, 0.25) is 0 Å². The van der Waals surface area contributed by atoms with Crippen LogP contribution in [-0.4, -0.2) is 32.8 Å². The molecule has 0 saturated heterocycles. The first-order valence-electron chi connectivity index (χ1n) is 8.65. The molecule has 0 spiro atoms. The number of hydrogen-bond acceptors (Lipinski definition) is 4. The van der Waals surface area contributed by atoms with Gasteiger partial charge in [-0.15, -0.1) is 0 Å². The van der Waals surface area contributed by atoms with Gasteiger partial charge in [-0.1, -0.05) is 51.2 Å². The molecule has 1 rings (SSSR count). The van der Waals surface area contributed by atoms with E-state index in [1.54, 1.807) is 7.11 Å². The lowest BCUT2D eigenvalue weighted by Crippen LogP contribution is -2.40. The van der Waals surface area contributed by atoms with Crippen molar-refractivity contribution in [1.29, 1.82) is 0 Å². The molecule has 23 heavy (non-hydrogen) atoms. The topological polar surface area (TPSA) is 47.6 Å². The third kappa shape index (κ3) is 8.03. The normalized spacial score (nSPS) is 12.0. The van der Waals surface area contributed by atoms with Crippen LogP contribution in [0.25, 0.3) is 0 Å². The van der Waals surface area contributed by atoms with Crippen LogP contribution in [0, 0.1) is 0 Å². The van der Waals surface area contributed by atoms with Crippen molar-refractivity contribution >= 4 is 5.97 Å². The second-order valence-electron chi connectivity index (χ2n) is 5.85. The number of nitrogens with one attached hydrogen (secondary N) is 1. The van der Waals surface area contributed by atoms with Crippen molar-refractivity contribution in [2.24, 2.45) is 0 Å². The highest BCUT2D eigenvalue weighted by molar-refractivity contribution is 5.76. The minimum atomic E-state index is -0.288. The summed E-state index contributed by atoms with van der Waals surface area (Å²) in [6, 6.07) is 7.51. The van der Waals surface area contributed by atoms with E-state index in [9.17, 15) is 4.79 Å². The van der Waals surface area contributed by atoms with Gasteiger partial charge in [-0.2, -0.15) is 0 Å². The van der Waals surface area contributed by atoms with Gasteiger partial charge in [0.1, 0.15) is 11.8 Å². The molecular formula is C19H31NO3. The van der Waals surface area contributed by atoms with E-state index in [0.717, 1.165) is 24.3 Å². The number of carbonyl (C=O) groups is 1. The van der Waals surface area contributed by atoms with Gasteiger partial charge in [-0.05, 0) is 37.1 Å². The Morgan fingerprint density at radius 3 is 2.30 bits per heavy atom. The molecule has 0 saturated carbocycles. The lowest BCUT2D eigenvalue weighted by Gasteiger charge is -2.16.